The van der Waals surface area contributed by atoms with Crippen molar-refractivity contribution in [2.45, 2.75) is 73.4 Å². The Morgan fingerprint density at radius 2 is 1.68 bits per heavy atom. The lowest BCUT2D eigenvalue weighted by Crippen LogP contribution is -2.52. The Bertz CT molecular complexity index is 1330. The van der Waals surface area contributed by atoms with Crippen molar-refractivity contribution in [2.24, 2.45) is 11.8 Å². The lowest BCUT2D eigenvalue weighted by atomic mass is 9.70. The fraction of sp³-hybridized carbons (Fsp3) is 0.500. The van der Waals surface area contributed by atoms with Crippen LogP contribution in [0.3, 0.4) is 0 Å². The molecule has 38 heavy (non-hydrogen) atoms. The van der Waals surface area contributed by atoms with Gasteiger partial charge in [0.15, 0.2) is 27.3 Å². The second kappa shape index (κ2) is 10.1. The third-order valence-corrected chi connectivity index (χ3v) is 10.5. The summed E-state index contributed by atoms with van der Waals surface area (Å²) in [5, 5.41) is 33.1. The molecule has 2 fully saturated rings. The Hall–Kier alpha value is -2.18. The summed E-state index contributed by atoms with van der Waals surface area (Å²) < 4.78 is 67.5. The molecule has 0 saturated heterocycles. The molecule has 208 valence electrons. The quantitative estimate of drug-likeness (QED) is 0.367. The Morgan fingerprint density at radius 3 is 2.21 bits per heavy atom. The van der Waals surface area contributed by atoms with Crippen molar-refractivity contribution in [3.05, 3.63) is 58.4 Å². The van der Waals surface area contributed by atoms with Crippen LogP contribution in [0, 0.1) is 29.3 Å². The van der Waals surface area contributed by atoms with E-state index in [-0.39, 0.29) is 40.4 Å². The summed E-state index contributed by atoms with van der Waals surface area (Å²) in [4.78, 5) is 12.4. The summed E-state index contributed by atoms with van der Waals surface area (Å²) in [6.45, 7) is 2.88. The molecule has 7 nitrogen and oxygen atoms in total. The third kappa shape index (κ3) is 5.31. The first-order valence-electron chi connectivity index (χ1n) is 12.2. The summed E-state index contributed by atoms with van der Waals surface area (Å²) in [6, 6.07) is 4.73. The van der Waals surface area contributed by atoms with Gasteiger partial charge < -0.3 is 20.6 Å². The van der Waals surface area contributed by atoms with Gasteiger partial charge >= 0.3 is 0 Å². The van der Waals surface area contributed by atoms with Crippen molar-refractivity contribution in [2.75, 3.05) is 5.32 Å². The molecule has 0 spiro atoms. The molecule has 2 aromatic carbocycles. The minimum atomic E-state index is -4.08. The van der Waals surface area contributed by atoms with Gasteiger partial charge in [0.2, 0.25) is 0 Å². The SMILES string of the molecule is CC(C)(O)C(O)C[C@]1(O)C2CCC1C[C@@H](S(=O)(=O)c1cc(C(=O)Nc3cc(F)c(F)c(F)c3)ccc1Cl)C2. The highest BCUT2D eigenvalue weighted by Gasteiger charge is 2.57. The maximum absolute atomic E-state index is 13.7. The van der Waals surface area contributed by atoms with Crippen LogP contribution >= 0.6 is 11.6 Å². The lowest BCUT2D eigenvalue weighted by molar-refractivity contribution is -0.129. The van der Waals surface area contributed by atoms with E-state index in [1.54, 1.807) is 0 Å². The van der Waals surface area contributed by atoms with Gasteiger partial charge in [-0.2, -0.15) is 0 Å². The van der Waals surface area contributed by atoms with E-state index in [4.69, 9.17) is 11.6 Å². The molecule has 0 aliphatic heterocycles. The van der Waals surface area contributed by atoms with Crippen LogP contribution in [0.2, 0.25) is 5.02 Å². The standard InChI is InChI=1S/C26H29ClF3NO6S/c1-25(2,34)22(32)12-26(35)14-4-5-15(26)9-17(8-14)38(36,37)21-7-13(3-6-18(21)27)24(33)31-16-10-19(28)23(30)20(29)11-16/h3,6-7,10-11,14-15,17,22,32,34-35H,4-5,8-9,12H2,1-2H3,(H,31,33)/t14?,15?,17-,22?,26-. The fourth-order valence-corrected chi connectivity index (χ4v) is 8.03. The average molecular weight is 576 g/mol. The number of aliphatic hydroxyl groups is 3. The molecule has 0 aromatic heterocycles. The topological polar surface area (TPSA) is 124 Å². The molecule has 2 aliphatic rings. The summed E-state index contributed by atoms with van der Waals surface area (Å²) in [7, 11) is -4.08. The normalized spacial score (nSPS) is 26.3. The van der Waals surface area contributed by atoms with Crippen molar-refractivity contribution in [3.63, 3.8) is 0 Å². The van der Waals surface area contributed by atoms with Crippen molar-refractivity contribution in [1.82, 2.24) is 0 Å². The maximum atomic E-state index is 13.7. The van der Waals surface area contributed by atoms with Gasteiger partial charge in [-0.05, 0) is 69.6 Å². The van der Waals surface area contributed by atoms with Gasteiger partial charge in [0.25, 0.3) is 5.91 Å². The molecule has 4 rings (SSSR count). The molecule has 4 N–H and O–H groups in total. The van der Waals surface area contributed by atoms with E-state index < -0.39 is 67.6 Å². The zero-order chi connectivity index (χ0) is 28.2. The van der Waals surface area contributed by atoms with Crippen molar-refractivity contribution < 1.29 is 41.7 Å². The molecule has 3 unspecified atom stereocenters. The van der Waals surface area contributed by atoms with Gasteiger partial charge in [-0.15, -0.1) is 0 Å². The molecule has 0 heterocycles. The summed E-state index contributed by atoms with van der Waals surface area (Å²) in [5.41, 5.74) is -3.27. The van der Waals surface area contributed by atoms with Crippen LogP contribution in [-0.2, 0) is 9.84 Å². The number of nitrogens with one attached hydrogen (secondary N) is 1. The molecule has 2 saturated carbocycles. The number of aliphatic hydroxyl groups excluding tert-OH is 1. The Labute approximate surface area is 223 Å². The highest BCUT2D eigenvalue weighted by molar-refractivity contribution is 7.92. The van der Waals surface area contributed by atoms with Gasteiger partial charge in [-0.3, -0.25) is 4.79 Å². The first-order valence-corrected chi connectivity index (χ1v) is 14.1. The van der Waals surface area contributed by atoms with Crippen molar-refractivity contribution in [3.8, 4) is 0 Å². The van der Waals surface area contributed by atoms with Gasteiger partial charge in [-0.25, -0.2) is 21.6 Å². The summed E-state index contributed by atoms with van der Waals surface area (Å²) >= 11 is 6.23. The zero-order valence-corrected chi connectivity index (χ0v) is 22.3. The molecular weight excluding hydrogens is 547 g/mol. The van der Waals surface area contributed by atoms with Crippen molar-refractivity contribution in [1.29, 1.82) is 0 Å². The van der Waals surface area contributed by atoms with E-state index in [9.17, 15) is 41.7 Å². The smallest absolute Gasteiger partial charge is 0.255 e. The number of sulfone groups is 1. The van der Waals surface area contributed by atoms with E-state index in [1.807, 2.05) is 0 Å². The third-order valence-electron chi connectivity index (χ3n) is 7.89. The number of fused-ring (bicyclic) bond motifs is 2. The number of carbonyl (C=O) groups is 1. The molecule has 2 bridgehead atoms. The molecule has 2 aromatic rings. The monoisotopic (exact) mass is 575 g/mol. The zero-order valence-electron chi connectivity index (χ0n) is 20.7. The van der Waals surface area contributed by atoms with E-state index in [0.717, 1.165) is 6.07 Å². The number of carbonyl (C=O) groups excluding carboxylic acids is 1. The number of halogens is 4. The van der Waals surface area contributed by atoms with Crippen molar-refractivity contribution >= 4 is 33.0 Å². The van der Waals surface area contributed by atoms with Gasteiger partial charge in [-0.1, -0.05) is 11.6 Å². The predicted molar refractivity (Wildman–Crippen MR) is 134 cm³/mol. The van der Waals surface area contributed by atoms with Crippen LogP contribution in [0.5, 0.6) is 0 Å². The second-order valence-corrected chi connectivity index (χ2v) is 13.4. The van der Waals surface area contributed by atoms with Gasteiger partial charge in [0.05, 0.1) is 32.5 Å². The molecule has 3 atom stereocenters. The van der Waals surface area contributed by atoms with Gasteiger partial charge in [0.1, 0.15) is 0 Å². The Morgan fingerprint density at radius 1 is 1.13 bits per heavy atom. The van der Waals surface area contributed by atoms with Gasteiger partial charge in [0, 0.05) is 29.8 Å². The molecule has 0 radical (unpaired) electrons. The van der Waals surface area contributed by atoms with E-state index in [0.29, 0.717) is 25.0 Å². The minimum Gasteiger partial charge on any atom is -0.390 e. The van der Waals surface area contributed by atoms with Crippen LogP contribution in [0.4, 0.5) is 18.9 Å². The summed E-state index contributed by atoms with van der Waals surface area (Å²) in [5.74, 6) is -6.42. The number of amides is 1. The Balaban J connectivity index is 1.56. The highest BCUT2D eigenvalue weighted by Crippen LogP contribution is 2.54. The summed E-state index contributed by atoms with van der Waals surface area (Å²) in [6.07, 6.45) is 0.0549. The van der Waals surface area contributed by atoms with Crippen LogP contribution in [-0.4, -0.2) is 52.2 Å². The first kappa shape index (κ1) is 28.8. The highest BCUT2D eigenvalue weighted by atomic mass is 35.5. The van der Waals surface area contributed by atoms with Crippen LogP contribution in [0.15, 0.2) is 35.2 Å². The van der Waals surface area contributed by atoms with Crippen LogP contribution in [0.25, 0.3) is 0 Å². The molecular formula is C26H29ClF3NO6S. The van der Waals surface area contributed by atoms with Crippen LogP contribution < -0.4 is 5.32 Å². The van der Waals surface area contributed by atoms with E-state index >= 15 is 0 Å². The van der Waals surface area contributed by atoms with Crippen LogP contribution in [0.1, 0.15) is 56.3 Å². The van der Waals surface area contributed by atoms with E-state index in [1.165, 1.54) is 26.0 Å². The van der Waals surface area contributed by atoms with E-state index in [2.05, 4.69) is 5.32 Å². The Kier molecular flexibility index (Phi) is 7.65. The number of rotatable bonds is 7. The fourth-order valence-electron chi connectivity index (χ4n) is 5.63. The average Bonchev–Trinajstić information content (AvgIpc) is 2.98. The second-order valence-electron chi connectivity index (χ2n) is 10.8. The first-order chi connectivity index (χ1) is 17.5. The number of anilines is 1. The number of hydrogen-bond donors (Lipinski definition) is 4. The largest absolute Gasteiger partial charge is 0.390 e. The number of hydrogen-bond acceptors (Lipinski definition) is 6. The molecule has 1 amide bonds. The maximum Gasteiger partial charge on any atom is 0.255 e. The predicted octanol–water partition coefficient (Wildman–Crippen LogP) is 4.22. The minimum absolute atomic E-state index is 0.0837. The molecule has 12 heteroatoms. The number of benzene rings is 2. The molecule has 2 aliphatic carbocycles. The lowest BCUT2D eigenvalue weighted by Gasteiger charge is -2.44.